The van der Waals surface area contributed by atoms with Crippen LogP contribution in [0.25, 0.3) is 11.1 Å². The number of nitrogens with one attached hydrogen (secondary N) is 2. The number of ether oxygens (including phenoxy) is 1. The van der Waals surface area contributed by atoms with Gasteiger partial charge >= 0.3 is 6.18 Å². The van der Waals surface area contributed by atoms with Crippen LogP contribution in [-0.4, -0.2) is 85.0 Å². The highest BCUT2D eigenvalue weighted by molar-refractivity contribution is 8.32. The second kappa shape index (κ2) is 15.3. The van der Waals surface area contributed by atoms with E-state index >= 15 is 4.39 Å². The first-order valence-corrected chi connectivity index (χ1v) is 19.5. The average molecular weight is 726 g/mol. The normalized spacial score (nSPS) is 17.2. The van der Waals surface area contributed by atoms with Crippen molar-refractivity contribution in [3.63, 3.8) is 0 Å². The molecule has 2 atom stereocenters. The van der Waals surface area contributed by atoms with Gasteiger partial charge in [-0.1, -0.05) is 24.3 Å². The zero-order chi connectivity index (χ0) is 37.1. The molecule has 5 rings (SSSR count). The van der Waals surface area contributed by atoms with Crippen LogP contribution in [-0.2, 0) is 6.18 Å². The Morgan fingerprint density at radius 1 is 0.922 bits per heavy atom. The second-order valence-electron chi connectivity index (χ2n) is 13.7. The Bertz CT molecular complexity index is 1870. The molecule has 2 heterocycles. The third kappa shape index (κ3) is 9.39. The van der Waals surface area contributed by atoms with E-state index < -0.39 is 45.0 Å². The lowest BCUT2D eigenvalue weighted by atomic mass is 9.99. The Hall–Kier alpha value is -4.62. The maximum Gasteiger partial charge on any atom is 0.417 e. The number of anilines is 3. The number of nitrogens with zero attached hydrogens (tertiary/aromatic N) is 3. The molecule has 13 heteroatoms. The van der Waals surface area contributed by atoms with Gasteiger partial charge in [-0.05, 0) is 87.7 Å². The van der Waals surface area contributed by atoms with Crippen LogP contribution >= 0.6 is 10.0 Å². The summed E-state index contributed by atoms with van der Waals surface area (Å²) < 4.78 is 64.0. The zero-order valence-electron chi connectivity index (χ0n) is 29.5. The number of rotatable bonds is 10. The quantitative estimate of drug-likeness (QED) is 0.161. The van der Waals surface area contributed by atoms with Crippen LogP contribution < -0.4 is 20.3 Å². The summed E-state index contributed by atoms with van der Waals surface area (Å²) in [6.07, 6.45) is 2.20. The van der Waals surface area contributed by atoms with Crippen LogP contribution in [0.15, 0.2) is 79.0 Å². The fourth-order valence-corrected chi connectivity index (χ4v) is 6.39. The van der Waals surface area contributed by atoms with E-state index in [2.05, 4.69) is 53.1 Å². The molecule has 3 aromatic carbocycles. The van der Waals surface area contributed by atoms with E-state index in [0.29, 0.717) is 35.8 Å². The third-order valence-electron chi connectivity index (χ3n) is 8.89. The smallest absolute Gasteiger partial charge is 0.417 e. The SMILES string of the molecule is C[C@@H]1CN(c2ccc(-c3cc(C(=O)Nc4ccccc4)ccc3F)cc2NC(=O)c2cnc(OCCS(C)(C)C)cc2C(F)(F)F)C[C@H](C)N1C. The van der Waals surface area contributed by atoms with Crippen molar-refractivity contribution in [3.05, 3.63) is 102 Å². The van der Waals surface area contributed by atoms with Gasteiger partial charge in [0.05, 0.1) is 29.1 Å². The zero-order valence-corrected chi connectivity index (χ0v) is 30.3. The molecule has 0 radical (unpaired) electrons. The number of piperazine rings is 1. The molecule has 1 aliphatic rings. The van der Waals surface area contributed by atoms with Crippen molar-refractivity contribution in [3.8, 4) is 17.0 Å². The predicted molar refractivity (Wildman–Crippen MR) is 198 cm³/mol. The number of halogens is 4. The Labute approximate surface area is 297 Å². The number of para-hydroxylation sites is 1. The number of amides is 2. The molecule has 0 aliphatic carbocycles. The number of carbonyl (C=O) groups excluding carboxylic acids is 2. The number of hydrogen-bond acceptors (Lipinski definition) is 6. The highest BCUT2D eigenvalue weighted by Crippen LogP contribution is 2.38. The summed E-state index contributed by atoms with van der Waals surface area (Å²) in [4.78, 5) is 35.1. The van der Waals surface area contributed by atoms with Crippen molar-refractivity contribution in [1.82, 2.24) is 9.88 Å². The Morgan fingerprint density at radius 3 is 2.25 bits per heavy atom. The molecule has 51 heavy (non-hydrogen) atoms. The van der Waals surface area contributed by atoms with Crippen molar-refractivity contribution in [2.45, 2.75) is 32.1 Å². The van der Waals surface area contributed by atoms with Gasteiger partial charge < -0.3 is 20.3 Å². The molecule has 0 spiro atoms. The van der Waals surface area contributed by atoms with Crippen LogP contribution in [0, 0.1) is 5.82 Å². The van der Waals surface area contributed by atoms with Crippen molar-refractivity contribution >= 4 is 38.9 Å². The van der Waals surface area contributed by atoms with Crippen molar-refractivity contribution in [2.75, 3.05) is 66.8 Å². The molecule has 272 valence electrons. The van der Waals surface area contributed by atoms with E-state index in [1.54, 1.807) is 36.4 Å². The summed E-state index contributed by atoms with van der Waals surface area (Å²) in [5.41, 5.74) is 0.0267. The minimum Gasteiger partial charge on any atom is -0.477 e. The molecular formula is C38H43F4N5O3S. The van der Waals surface area contributed by atoms with Crippen LogP contribution in [0.1, 0.15) is 40.1 Å². The van der Waals surface area contributed by atoms with Gasteiger partial charge in [0.15, 0.2) is 0 Å². The fourth-order valence-electron chi connectivity index (χ4n) is 5.81. The third-order valence-corrected chi connectivity index (χ3v) is 10.3. The van der Waals surface area contributed by atoms with Gasteiger partial charge in [0.1, 0.15) is 5.82 Å². The topological polar surface area (TPSA) is 86.8 Å². The molecule has 1 saturated heterocycles. The first-order chi connectivity index (χ1) is 24.0. The first kappa shape index (κ1) is 37.6. The number of hydrogen-bond donors (Lipinski definition) is 2. The van der Waals surface area contributed by atoms with Crippen LogP contribution in [0.3, 0.4) is 0 Å². The summed E-state index contributed by atoms with van der Waals surface area (Å²) in [7, 11) is 1.07. The lowest BCUT2D eigenvalue weighted by Crippen LogP contribution is -2.55. The van der Waals surface area contributed by atoms with Gasteiger partial charge in [-0.15, -0.1) is 0 Å². The van der Waals surface area contributed by atoms with E-state index in [4.69, 9.17) is 4.74 Å². The lowest BCUT2D eigenvalue weighted by molar-refractivity contribution is -0.138. The Morgan fingerprint density at radius 2 is 1.61 bits per heavy atom. The van der Waals surface area contributed by atoms with Gasteiger partial charge in [-0.2, -0.15) is 13.2 Å². The Kier molecular flexibility index (Phi) is 11.3. The molecule has 1 fully saturated rings. The van der Waals surface area contributed by atoms with Gasteiger partial charge in [0, 0.05) is 60.0 Å². The number of alkyl halides is 3. The summed E-state index contributed by atoms with van der Waals surface area (Å²) in [6, 6.07) is 18.7. The fraction of sp³-hybridized carbons (Fsp3) is 0.342. The van der Waals surface area contributed by atoms with Gasteiger partial charge in [0.25, 0.3) is 11.8 Å². The molecule has 2 amide bonds. The maximum atomic E-state index is 15.4. The molecule has 0 bridgehead atoms. The van der Waals surface area contributed by atoms with E-state index in [-0.39, 0.29) is 41.4 Å². The molecule has 2 N–H and O–H groups in total. The van der Waals surface area contributed by atoms with E-state index in [1.807, 2.05) is 18.0 Å². The molecule has 1 aliphatic heterocycles. The minimum absolute atomic E-state index is 0.0779. The Balaban J connectivity index is 1.51. The second-order valence-corrected chi connectivity index (χ2v) is 18.3. The largest absolute Gasteiger partial charge is 0.477 e. The summed E-state index contributed by atoms with van der Waals surface area (Å²) in [5, 5.41) is 5.47. The summed E-state index contributed by atoms with van der Waals surface area (Å²) in [5.74, 6) is -1.66. The molecule has 1 aromatic heterocycles. The van der Waals surface area contributed by atoms with Crippen LogP contribution in [0.5, 0.6) is 5.88 Å². The summed E-state index contributed by atoms with van der Waals surface area (Å²) in [6.45, 7) is 5.46. The monoisotopic (exact) mass is 725 g/mol. The number of carbonyl (C=O) groups is 2. The highest BCUT2D eigenvalue weighted by Gasteiger charge is 2.37. The number of aromatic nitrogens is 1. The summed E-state index contributed by atoms with van der Waals surface area (Å²) >= 11 is 0. The molecule has 4 aromatic rings. The van der Waals surface area contributed by atoms with Gasteiger partial charge in [-0.25, -0.2) is 19.4 Å². The molecule has 8 nitrogen and oxygen atoms in total. The first-order valence-electron chi connectivity index (χ1n) is 16.4. The van der Waals surface area contributed by atoms with E-state index in [0.717, 1.165) is 12.3 Å². The highest BCUT2D eigenvalue weighted by atomic mass is 32.3. The maximum absolute atomic E-state index is 15.4. The van der Waals surface area contributed by atoms with Gasteiger partial charge in [-0.3, -0.25) is 14.5 Å². The van der Waals surface area contributed by atoms with Crippen LogP contribution in [0.4, 0.5) is 34.6 Å². The van der Waals surface area contributed by atoms with Crippen molar-refractivity contribution < 1.29 is 31.9 Å². The van der Waals surface area contributed by atoms with Crippen LogP contribution in [0.2, 0.25) is 0 Å². The average Bonchev–Trinajstić information content (AvgIpc) is 3.06. The molecule has 0 saturated carbocycles. The van der Waals surface area contributed by atoms with Crippen molar-refractivity contribution in [2.24, 2.45) is 0 Å². The standard InChI is InChI=1S/C38H43F4N5O3S/c1-24-22-47(23-25(2)46(24)3)34-15-13-26(29-18-27(12-14-32(29)39)36(48)44-28-10-8-7-9-11-28)19-33(34)45-37(49)30-21-43-35(20-31(30)38(40,41)42)50-16-17-51(4,5)6/h7-15,18-21,24-25H,16-17,22-23H2,1-6H3,(H,44,48)(H,45,49)/t24-,25+. The molecular weight excluding hydrogens is 683 g/mol. The van der Waals surface area contributed by atoms with Crippen molar-refractivity contribution in [1.29, 1.82) is 0 Å². The van der Waals surface area contributed by atoms with E-state index in [1.165, 1.54) is 24.3 Å². The lowest BCUT2D eigenvalue weighted by Gasteiger charge is -2.44. The molecule has 0 unspecified atom stereocenters. The number of likely N-dealkylation sites (N-methyl/N-ethyl adjacent to an activating group) is 1. The van der Waals surface area contributed by atoms with E-state index in [9.17, 15) is 22.8 Å². The predicted octanol–water partition coefficient (Wildman–Crippen LogP) is 8.01. The number of pyridine rings is 1. The number of benzene rings is 3. The van der Waals surface area contributed by atoms with Gasteiger partial charge in [0.2, 0.25) is 5.88 Å². The minimum atomic E-state index is -4.88.